The van der Waals surface area contributed by atoms with E-state index in [2.05, 4.69) is 47.6 Å². The molecule has 0 spiro atoms. The van der Waals surface area contributed by atoms with Crippen LogP contribution in [0.4, 0.5) is 0 Å². The van der Waals surface area contributed by atoms with Crippen LogP contribution < -0.4 is 0 Å². The fourth-order valence-electron chi connectivity index (χ4n) is 3.66. The topological polar surface area (TPSA) is 27.7 Å². The van der Waals surface area contributed by atoms with Gasteiger partial charge in [-0.05, 0) is 71.7 Å². The molecule has 138 valence electrons. The fourth-order valence-corrected chi connectivity index (χ4v) is 3.66. The molecule has 0 aromatic carbocycles. The van der Waals surface area contributed by atoms with E-state index in [0.717, 1.165) is 19.4 Å². The highest BCUT2D eigenvalue weighted by Crippen LogP contribution is 2.40. The van der Waals surface area contributed by atoms with E-state index in [1.54, 1.807) is 0 Å². The Balaban J connectivity index is 2.17. The van der Waals surface area contributed by atoms with Crippen molar-refractivity contribution in [1.29, 1.82) is 0 Å². The van der Waals surface area contributed by atoms with Gasteiger partial charge < -0.3 is 14.0 Å². The molecule has 1 saturated carbocycles. The Morgan fingerprint density at radius 2 is 1.67 bits per heavy atom. The molecule has 0 aromatic heterocycles. The molecular formula is C20H37BO3. The number of allylic oxidation sites excluding steroid dienone is 1. The smallest absolute Gasteiger partial charge is 0.400 e. The van der Waals surface area contributed by atoms with Crippen molar-refractivity contribution >= 4 is 7.12 Å². The van der Waals surface area contributed by atoms with Gasteiger partial charge in [0.25, 0.3) is 0 Å². The molecule has 0 amide bonds. The highest BCUT2D eigenvalue weighted by atomic mass is 16.7. The summed E-state index contributed by atoms with van der Waals surface area (Å²) < 4.78 is 18.6. The van der Waals surface area contributed by atoms with Crippen LogP contribution in [0.25, 0.3) is 0 Å². The Morgan fingerprint density at radius 1 is 1.08 bits per heavy atom. The number of hydrogen-bond acceptors (Lipinski definition) is 3. The van der Waals surface area contributed by atoms with Crippen molar-refractivity contribution in [2.45, 2.75) is 104 Å². The lowest BCUT2D eigenvalue weighted by Crippen LogP contribution is -2.41. The van der Waals surface area contributed by atoms with E-state index in [9.17, 15) is 0 Å². The van der Waals surface area contributed by atoms with Crippen LogP contribution in [0.5, 0.6) is 0 Å². The van der Waals surface area contributed by atoms with Gasteiger partial charge in [-0.15, -0.1) is 0 Å². The van der Waals surface area contributed by atoms with Crippen LogP contribution in [0.15, 0.2) is 11.5 Å². The lowest BCUT2D eigenvalue weighted by Gasteiger charge is -2.32. The summed E-state index contributed by atoms with van der Waals surface area (Å²) in [7, 11) is -0.230. The molecule has 2 rings (SSSR count). The summed E-state index contributed by atoms with van der Waals surface area (Å²) in [5, 5.41) is 0. The molecule has 1 atom stereocenters. The summed E-state index contributed by atoms with van der Waals surface area (Å²) in [5.41, 5.74) is 0.730. The molecule has 0 N–H and O–H groups in total. The quantitative estimate of drug-likeness (QED) is 0.588. The van der Waals surface area contributed by atoms with Crippen LogP contribution >= 0.6 is 0 Å². The molecule has 2 fully saturated rings. The summed E-state index contributed by atoms with van der Waals surface area (Å²) in [6, 6.07) is 0. The van der Waals surface area contributed by atoms with Crippen molar-refractivity contribution in [3.05, 3.63) is 11.5 Å². The van der Waals surface area contributed by atoms with E-state index >= 15 is 0 Å². The highest BCUT2D eigenvalue weighted by molar-refractivity contribution is 6.54. The molecule has 0 radical (unpaired) electrons. The minimum atomic E-state index is -0.281. The zero-order chi connectivity index (χ0) is 17.8. The van der Waals surface area contributed by atoms with E-state index in [1.165, 1.54) is 37.6 Å². The maximum Gasteiger partial charge on any atom is 0.490 e. The minimum Gasteiger partial charge on any atom is -0.400 e. The van der Waals surface area contributed by atoms with Crippen molar-refractivity contribution in [2.24, 2.45) is 5.92 Å². The van der Waals surface area contributed by atoms with Crippen LogP contribution in [0.1, 0.15) is 86.5 Å². The summed E-state index contributed by atoms with van der Waals surface area (Å²) in [6.07, 6.45) is 11.3. The van der Waals surface area contributed by atoms with Gasteiger partial charge in [-0.3, -0.25) is 0 Å². The SMILES string of the molecule is CCOC(CC)C/C(=C/C1CCCCC1)B1OC(C)(C)C(C)(C)O1. The van der Waals surface area contributed by atoms with Gasteiger partial charge in [-0.1, -0.05) is 32.3 Å². The van der Waals surface area contributed by atoms with E-state index in [0.29, 0.717) is 5.92 Å². The van der Waals surface area contributed by atoms with Crippen molar-refractivity contribution in [3.63, 3.8) is 0 Å². The van der Waals surface area contributed by atoms with Gasteiger partial charge >= 0.3 is 7.12 Å². The molecule has 1 heterocycles. The van der Waals surface area contributed by atoms with Gasteiger partial charge in [-0.25, -0.2) is 0 Å². The van der Waals surface area contributed by atoms with Crippen molar-refractivity contribution in [1.82, 2.24) is 0 Å². The second kappa shape index (κ2) is 8.38. The van der Waals surface area contributed by atoms with Crippen LogP contribution in [0.3, 0.4) is 0 Å². The third kappa shape index (κ3) is 4.86. The fraction of sp³-hybridized carbons (Fsp3) is 0.900. The van der Waals surface area contributed by atoms with Crippen molar-refractivity contribution in [3.8, 4) is 0 Å². The third-order valence-electron chi connectivity index (χ3n) is 5.98. The molecule has 1 aliphatic carbocycles. The standard InChI is InChI=1S/C20H37BO3/c1-7-18(22-8-2)15-17(14-16-12-10-9-11-13-16)21-23-19(3,4)20(5,6)24-21/h14,16,18H,7-13,15H2,1-6H3/b17-14-. The van der Waals surface area contributed by atoms with Crippen LogP contribution in [0.2, 0.25) is 0 Å². The first-order valence-electron chi connectivity index (χ1n) is 9.97. The van der Waals surface area contributed by atoms with E-state index in [1.807, 2.05) is 0 Å². The normalized spacial score (nSPS) is 25.9. The van der Waals surface area contributed by atoms with Crippen LogP contribution in [-0.4, -0.2) is 31.0 Å². The Bertz CT molecular complexity index is 409. The second-order valence-electron chi connectivity index (χ2n) is 8.42. The number of ether oxygens (including phenoxy) is 1. The maximum absolute atomic E-state index is 6.35. The van der Waals surface area contributed by atoms with Crippen molar-refractivity contribution in [2.75, 3.05) is 6.61 Å². The third-order valence-corrected chi connectivity index (χ3v) is 5.98. The summed E-state index contributed by atoms with van der Waals surface area (Å²) in [4.78, 5) is 0. The van der Waals surface area contributed by atoms with Crippen molar-refractivity contribution < 1.29 is 14.0 Å². The Kier molecular flexibility index (Phi) is 6.98. The lowest BCUT2D eigenvalue weighted by atomic mass is 9.72. The first-order valence-corrected chi connectivity index (χ1v) is 9.97. The number of rotatable bonds is 7. The predicted octanol–water partition coefficient (Wildman–Crippen LogP) is 5.33. The second-order valence-corrected chi connectivity index (χ2v) is 8.42. The zero-order valence-corrected chi connectivity index (χ0v) is 16.7. The van der Waals surface area contributed by atoms with Gasteiger partial charge in [0, 0.05) is 6.61 Å². The van der Waals surface area contributed by atoms with Crippen LogP contribution in [0, 0.1) is 5.92 Å². The molecule has 2 aliphatic rings. The first-order chi connectivity index (χ1) is 11.3. The van der Waals surface area contributed by atoms with Gasteiger partial charge in [-0.2, -0.15) is 0 Å². The van der Waals surface area contributed by atoms with E-state index in [-0.39, 0.29) is 24.4 Å². The molecule has 3 nitrogen and oxygen atoms in total. The molecule has 24 heavy (non-hydrogen) atoms. The molecule has 1 aliphatic heterocycles. The molecular weight excluding hydrogens is 299 g/mol. The minimum absolute atomic E-state index is 0.230. The monoisotopic (exact) mass is 336 g/mol. The Hall–Kier alpha value is -0.315. The average Bonchev–Trinajstić information content (AvgIpc) is 2.75. The van der Waals surface area contributed by atoms with E-state index in [4.69, 9.17) is 14.0 Å². The largest absolute Gasteiger partial charge is 0.490 e. The maximum atomic E-state index is 6.35. The van der Waals surface area contributed by atoms with Gasteiger partial charge in [0.1, 0.15) is 0 Å². The van der Waals surface area contributed by atoms with Gasteiger partial charge in [0.05, 0.1) is 17.3 Å². The Labute approximate surface area is 149 Å². The molecule has 0 bridgehead atoms. The van der Waals surface area contributed by atoms with E-state index < -0.39 is 0 Å². The highest BCUT2D eigenvalue weighted by Gasteiger charge is 2.52. The van der Waals surface area contributed by atoms with Crippen LogP contribution in [-0.2, 0) is 14.0 Å². The summed E-state index contributed by atoms with van der Waals surface area (Å²) >= 11 is 0. The molecule has 1 unspecified atom stereocenters. The average molecular weight is 336 g/mol. The van der Waals surface area contributed by atoms with Gasteiger partial charge in [0.15, 0.2) is 0 Å². The van der Waals surface area contributed by atoms with Gasteiger partial charge in [0.2, 0.25) is 0 Å². The summed E-state index contributed by atoms with van der Waals surface area (Å²) in [5.74, 6) is 0.673. The molecule has 0 aromatic rings. The summed E-state index contributed by atoms with van der Waals surface area (Å²) in [6.45, 7) is 13.6. The predicted molar refractivity (Wildman–Crippen MR) is 101 cm³/mol. The lowest BCUT2D eigenvalue weighted by molar-refractivity contribution is 0.00578. The zero-order valence-electron chi connectivity index (χ0n) is 16.7. The molecule has 1 saturated heterocycles. The Morgan fingerprint density at radius 3 is 2.17 bits per heavy atom. The first kappa shape index (κ1) is 20.0. The molecule has 4 heteroatoms. The number of hydrogen-bond donors (Lipinski definition) is 0.